The molecular weight excluding hydrogens is 316 g/mol. The van der Waals surface area contributed by atoms with Crippen molar-refractivity contribution in [2.24, 2.45) is 0 Å². The Labute approximate surface area is 126 Å². The standard InChI is InChI=1S/C12H16N2O3S3/c1-4-9(11-13-7-8(2)19-11)14-20(15,16)12-10(17-3)5-6-18-12/h5-7,9,14H,4H2,1-3H3/t9-/m1/s1. The molecule has 2 heterocycles. The molecule has 0 saturated carbocycles. The van der Waals surface area contributed by atoms with Gasteiger partial charge in [-0.3, -0.25) is 0 Å². The molecule has 1 N–H and O–H groups in total. The molecule has 2 aromatic heterocycles. The van der Waals surface area contributed by atoms with Crippen LogP contribution in [0.15, 0.2) is 21.9 Å². The molecule has 0 unspecified atom stereocenters. The summed E-state index contributed by atoms with van der Waals surface area (Å²) in [5.74, 6) is 0.368. The van der Waals surface area contributed by atoms with Crippen LogP contribution in [0.5, 0.6) is 5.75 Å². The highest BCUT2D eigenvalue weighted by Gasteiger charge is 2.26. The second-order valence-corrected chi connectivity index (χ2v) is 8.26. The van der Waals surface area contributed by atoms with E-state index in [2.05, 4.69) is 9.71 Å². The second-order valence-electron chi connectivity index (χ2n) is 4.17. The lowest BCUT2D eigenvalue weighted by Crippen LogP contribution is -2.28. The van der Waals surface area contributed by atoms with E-state index in [4.69, 9.17) is 4.74 Å². The van der Waals surface area contributed by atoms with Crippen LogP contribution in [0.1, 0.15) is 29.3 Å². The van der Waals surface area contributed by atoms with Crippen molar-refractivity contribution in [3.8, 4) is 5.75 Å². The number of hydrogen-bond donors (Lipinski definition) is 1. The third kappa shape index (κ3) is 3.20. The van der Waals surface area contributed by atoms with Crippen LogP contribution >= 0.6 is 22.7 Å². The zero-order valence-corrected chi connectivity index (χ0v) is 13.9. The van der Waals surface area contributed by atoms with Crippen LogP contribution in [0.4, 0.5) is 0 Å². The first-order valence-corrected chi connectivity index (χ1v) is 9.22. The van der Waals surface area contributed by atoms with Gasteiger partial charge in [0.1, 0.15) is 10.8 Å². The topological polar surface area (TPSA) is 68.3 Å². The maximum atomic E-state index is 12.4. The minimum Gasteiger partial charge on any atom is -0.494 e. The van der Waals surface area contributed by atoms with Gasteiger partial charge in [-0.2, -0.15) is 0 Å². The number of nitrogens with zero attached hydrogens (tertiary/aromatic N) is 1. The van der Waals surface area contributed by atoms with Crippen LogP contribution in [-0.4, -0.2) is 20.5 Å². The number of ether oxygens (including phenoxy) is 1. The highest BCUT2D eigenvalue weighted by atomic mass is 32.2. The Bertz CT molecular complexity index is 676. The Balaban J connectivity index is 2.27. The molecule has 0 radical (unpaired) electrons. The van der Waals surface area contributed by atoms with Gasteiger partial charge in [0.15, 0.2) is 4.21 Å². The smallest absolute Gasteiger partial charge is 0.254 e. The highest BCUT2D eigenvalue weighted by molar-refractivity contribution is 7.91. The van der Waals surface area contributed by atoms with Gasteiger partial charge < -0.3 is 4.74 Å². The molecule has 0 aliphatic carbocycles. The number of rotatable bonds is 6. The van der Waals surface area contributed by atoms with Crippen molar-refractivity contribution in [2.75, 3.05) is 7.11 Å². The van der Waals surface area contributed by atoms with Crippen molar-refractivity contribution in [2.45, 2.75) is 30.5 Å². The van der Waals surface area contributed by atoms with Crippen LogP contribution in [-0.2, 0) is 10.0 Å². The predicted molar refractivity (Wildman–Crippen MR) is 81.1 cm³/mol. The number of thiophene rings is 1. The van der Waals surface area contributed by atoms with Gasteiger partial charge in [-0.15, -0.1) is 22.7 Å². The van der Waals surface area contributed by atoms with E-state index >= 15 is 0 Å². The molecule has 0 saturated heterocycles. The lowest BCUT2D eigenvalue weighted by atomic mass is 10.3. The molecule has 0 bridgehead atoms. The molecule has 0 aliphatic rings. The molecule has 0 amide bonds. The summed E-state index contributed by atoms with van der Waals surface area (Å²) < 4.78 is 32.8. The fraction of sp³-hybridized carbons (Fsp3) is 0.417. The number of methoxy groups -OCH3 is 1. The Morgan fingerprint density at radius 1 is 1.50 bits per heavy atom. The summed E-state index contributed by atoms with van der Waals surface area (Å²) in [5, 5.41) is 2.48. The largest absolute Gasteiger partial charge is 0.494 e. The van der Waals surface area contributed by atoms with Crippen molar-refractivity contribution in [3.05, 3.63) is 27.5 Å². The van der Waals surface area contributed by atoms with Gasteiger partial charge in [-0.1, -0.05) is 6.92 Å². The Morgan fingerprint density at radius 2 is 2.25 bits per heavy atom. The fourth-order valence-electron chi connectivity index (χ4n) is 1.71. The molecule has 2 rings (SSSR count). The van der Waals surface area contributed by atoms with E-state index in [1.54, 1.807) is 17.6 Å². The Morgan fingerprint density at radius 3 is 2.80 bits per heavy atom. The first-order chi connectivity index (χ1) is 9.47. The summed E-state index contributed by atoms with van der Waals surface area (Å²) in [4.78, 5) is 5.32. The lowest BCUT2D eigenvalue weighted by molar-refractivity contribution is 0.406. The fourth-order valence-corrected chi connectivity index (χ4v) is 5.27. The van der Waals surface area contributed by atoms with Gasteiger partial charge >= 0.3 is 0 Å². The molecule has 0 aromatic carbocycles. The van der Waals surface area contributed by atoms with Gasteiger partial charge in [-0.05, 0) is 24.8 Å². The number of hydrogen-bond acceptors (Lipinski definition) is 6. The maximum absolute atomic E-state index is 12.4. The first kappa shape index (κ1) is 15.4. The third-order valence-electron chi connectivity index (χ3n) is 2.70. The minimum atomic E-state index is -3.60. The normalized spacial score (nSPS) is 13.3. The molecule has 8 heteroatoms. The molecule has 1 atom stereocenters. The molecule has 0 spiro atoms. The number of thiazole rings is 1. The quantitative estimate of drug-likeness (QED) is 0.883. The van der Waals surface area contributed by atoms with Crippen LogP contribution in [0.2, 0.25) is 0 Å². The summed E-state index contributed by atoms with van der Waals surface area (Å²) in [6, 6.07) is 1.33. The minimum absolute atomic E-state index is 0.201. The van der Waals surface area contributed by atoms with Crippen LogP contribution in [0.3, 0.4) is 0 Å². The van der Waals surface area contributed by atoms with Crippen molar-refractivity contribution < 1.29 is 13.2 Å². The average Bonchev–Trinajstić information content (AvgIpc) is 3.04. The molecular formula is C12H16N2O3S3. The van der Waals surface area contributed by atoms with Crippen molar-refractivity contribution in [1.29, 1.82) is 0 Å². The molecule has 110 valence electrons. The van der Waals surface area contributed by atoms with E-state index in [1.165, 1.54) is 18.4 Å². The first-order valence-electron chi connectivity index (χ1n) is 6.04. The number of sulfonamides is 1. The zero-order chi connectivity index (χ0) is 14.8. The van der Waals surface area contributed by atoms with E-state index in [0.29, 0.717) is 12.2 Å². The van der Waals surface area contributed by atoms with E-state index in [-0.39, 0.29) is 10.3 Å². The molecule has 20 heavy (non-hydrogen) atoms. The average molecular weight is 332 g/mol. The van der Waals surface area contributed by atoms with Gasteiger partial charge in [0.2, 0.25) is 0 Å². The number of aryl methyl sites for hydroxylation is 1. The van der Waals surface area contributed by atoms with E-state index in [9.17, 15) is 8.42 Å². The summed E-state index contributed by atoms with van der Waals surface area (Å²) in [5.41, 5.74) is 0. The summed E-state index contributed by atoms with van der Waals surface area (Å²) in [6.07, 6.45) is 2.39. The third-order valence-corrected chi connectivity index (χ3v) is 6.65. The zero-order valence-electron chi connectivity index (χ0n) is 11.4. The Kier molecular flexibility index (Phi) is 4.79. The summed E-state index contributed by atoms with van der Waals surface area (Å²) >= 11 is 2.64. The van der Waals surface area contributed by atoms with Crippen LogP contribution in [0.25, 0.3) is 0 Å². The summed E-state index contributed by atoms with van der Waals surface area (Å²) in [7, 11) is -2.14. The van der Waals surface area contributed by atoms with Gasteiger partial charge in [0.25, 0.3) is 10.0 Å². The SMILES string of the molecule is CC[C@@H](NS(=O)(=O)c1sccc1OC)c1ncc(C)s1. The van der Waals surface area contributed by atoms with Crippen LogP contribution in [0, 0.1) is 6.92 Å². The molecule has 0 aliphatic heterocycles. The Hall–Kier alpha value is -0.960. The highest BCUT2D eigenvalue weighted by Crippen LogP contribution is 2.31. The maximum Gasteiger partial charge on any atom is 0.254 e. The van der Waals surface area contributed by atoms with Crippen molar-refractivity contribution in [1.82, 2.24) is 9.71 Å². The van der Waals surface area contributed by atoms with E-state index in [0.717, 1.165) is 21.2 Å². The van der Waals surface area contributed by atoms with Crippen molar-refractivity contribution in [3.63, 3.8) is 0 Å². The van der Waals surface area contributed by atoms with E-state index in [1.807, 2.05) is 13.8 Å². The summed E-state index contributed by atoms with van der Waals surface area (Å²) in [6.45, 7) is 3.88. The second kappa shape index (κ2) is 6.21. The number of aromatic nitrogens is 1. The number of nitrogens with one attached hydrogen (secondary N) is 1. The van der Waals surface area contributed by atoms with E-state index < -0.39 is 10.0 Å². The molecule has 2 aromatic rings. The van der Waals surface area contributed by atoms with Crippen LogP contribution < -0.4 is 9.46 Å². The van der Waals surface area contributed by atoms with Gasteiger partial charge in [0, 0.05) is 11.1 Å². The predicted octanol–water partition coefficient (Wildman–Crippen LogP) is 2.95. The monoisotopic (exact) mass is 332 g/mol. The molecule has 0 fully saturated rings. The van der Waals surface area contributed by atoms with Crippen molar-refractivity contribution >= 4 is 32.7 Å². The van der Waals surface area contributed by atoms with Gasteiger partial charge in [-0.25, -0.2) is 18.1 Å². The lowest BCUT2D eigenvalue weighted by Gasteiger charge is -2.14. The molecule has 5 nitrogen and oxygen atoms in total. The van der Waals surface area contributed by atoms with Gasteiger partial charge in [0.05, 0.1) is 13.2 Å².